The van der Waals surface area contributed by atoms with E-state index in [0.29, 0.717) is 11.9 Å². The van der Waals surface area contributed by atoms with Gasteiger partial charge in [-0.05, 0) is 37.5 Å². The fourth-order valence-electron chi connectivity index (χ4n) is 2.79. The Labute approximate surface area is 122 Å². The largest absolute Gasteiger partial charge is 0.379 e. The van der Waals surface area contributed by atoms with Crippen molar-refractivity contribution in [2.75, 3.05) is 13.2 Å². The van der Waals surface area contributed by atoms with Crippen LogP contribution in [0.3, 0.4) is 0 Å². The summed E-state index contributed by atoms with van der Waals surface area (Å²) in [6, 6.07) is 4.16. The Kier molecular flexibility index (Phi) is 3.70. The van der Waals surface area contributed by atoms with Gasteiger partial charge in [0.25, 0.3) is 0 Å². The van der Waals surface area contributed by atoms with Crippen molar-refractivity contribution in [3.8, 4) is 0 Å². The Morgan fingerprint density at radius 3 is 3.00 bits per heavy atom. The third kappa shape index (κ3) is 2.24. The average molecular weight is 299 g/mol. The van der Waals surface area contributed by atoms with Gasteiger partial charge in [0, 0.05) is 11.6 Å². The van der Waals surface area contributed by atoms with Crippen molar-refractivity contribution in [1.29, 1.82) is 0 Å². The van der Waals surface area contributed by atoms with Gasteiger partial charge in [-0.3, -0.25) is 0 Å². The quantitative estimate of drug-likeness (QED) is 0.781. The minimum absolute atomic E-state index is 0.310. The maximum Gasteiger partial charge on any atom is 0.125 e. The Hall–Kier alpha value is -0.770. The highest BCUT2D eigenvalue weighted by atomic mass is 35.5. The molecule has 1 aliphatic rings. The van der Waals surface area contributed by atoms with Crippen LogP contribution in [0.5, 0.6) is 0 Å². The summed E-state index contributed by atoms with van der Waals surface area (Å²) in [6.07, 6.45) is 2.17. The van der Waals surface area contributed by atoms with Crippen molar-refractivity contribution in [3.63, 3.8) is 0 Å². The van der Waals surface area contributed by atoms with Gasteiger partial charge in [-0.1, -0.05) is 11.6 Å². The first-order valence-corrected chi connectivity index (χ1v) is 7.43. The first-order valence-electron chi connectivity index (χ1n) is 6.52. The fourth-order valence-corrected chi connectivity index (χ4v) is 3.13. The molecule has 0 saturated carbocycles. The van der Waals surface area contributed by atoms with Crippen molar-refractivity contribution in [2.24, 2.45) is 0 Å². The van der Waals surface area contributed by atoms with E-state index in [1.807, 2.05) is 19.1 Å². The molecule has 3 nitrogen and oxygen atoms in total. The van der Waals surface area contributed by atoms with E-state index < -0.39 is 0 Å². The van der Waals surface area contributed by atoms with Gasteiger partial charge in [0.05, 0.1) is 29.6 Å². The third-order valence-electron chi connectivity index (χ3n) is 3.73. The molecule has 0 spiro atoms. The standard InChI is InChI=1S/C14H16Cl2N2O/c1-9-11(16)4-5-12-14(9)18(13(7-15)17-12)10-3-2-6-19-8-10/h4-5,10H,2-3,6-8H2,1H3. The minimum atomic E-state index is 0.310. The molecule has 1 fully saturated rings. The average Bonchev–Trinajstić information content (AvgIpc) is 2.83. The lowest BCUT2D eigenvalue weighted by Crippen LogP contribution is -2.22. The number of halogens is 2. The Bertz CT molecular complexity index is 603. The molecular weight excluding hydrogens is 283 g/mol. The molecule has 1 aliphatic heterocycles. The topological polar surface area (TPSA) is 27.1 Å². The summed E-state index contributed by atoms with van der Waals surface area (Å²) in [5, 5.41) is 0.770. The number of hydrogen-bond acceptors (Lipinski definition) is 2. The number of fused-ring (bicyclic) bond motifs is 1. The number of alkyl halides is 1. The van der Waals surface area contributed by atoms with Crippen molar-refractivity contribution in [3.05, 3.63) is 28.5 Å². The number of aromatic nitrogens is 2. The number of rotatable bonds is 2. The van der Waals surface area contributed by atoms with E-state index in [2.05, 4.69) is 9.55 Å². The van der Waals surface area contributed by atoms with Crippen molar-refractivity contribution in [1.82, 2.24) is 9.55 Å². The monoisotopic (exact) mass is 298 g/mol. The highest BCUT2D eigenvalue weighted by Crippen LogP contribution is 2.32. The molecule has 3 rings (SSSR count). The molecular formula is C14H16Cl2N2O. The summed E-state index contributed by atoms with van der Waals surface area (Å²) in [5.41, 5.74) is 3.12. The van der Waals surface area contributed by atoms with Crippen LogP contribution in [0.15, 0.2) is 12.1 Å². The SMILES string of the molecule is Cc1c(Cl)ccc2nc(CCl)n(C3CCCOC3)c12. The molecule has 19 heavy (non-hydrogen) atoms. The predicted octanol–water partition coefficient (Wildman–Crippen LogP) is 4.09. The molecule has 1 saturated heterocycles. The second-order valence-corrected chi connectivity index (χ2v) is 5.62. The van der Waals surface area contributed by atoms with E-state index in [4.69, 9.17) is 27.9 Å². The normalized spacial score (nSPS) is 20.1. The van der Waals surface area contributed by atoms with E-state index in [1.165, 1.54) is 0 Å². The maximum atomic E-state index is 6.25. The predicted molar refractivity (Wildman–Crippen MR) is 78.1 cm³/mol. The van der Waals surface area contributed by atoms with Gasteiger partial charge < -0.3 is 9.30 Å². The number of imidazole rings is 1. The van der Waals surface area contributed by atoms with Crippen LogP contribution < -0.4 is 0 Å². The number of benzene rings is 1. The fraction of sp³-hybridized carbons (Fsp3) is 0.500. The van der Waals surface area contributed by atoms with Gasteiger partial charge in [-0.25, -0.2) is 4.98 Å². The molecule has 2 aromatic rings. The lowest BCUT2D eigenvalue weighted by molar-refractivity contribution is 0.0597. The number of nitrogens with zero attached hydrogens (tertiary/aromatic N) is 2. The van der Waals surface area contributed by atoms with Gasteiger partial charge in [-0.15, -0.1) is 11.6 Å². The molecule has 0 N–H and O–H groups in total. The molecule has 1 atom stereocenters. The van der Waals surface area contributed by atoms with E-state index in [1.54, 1.807) is 0 Å². The molecule has 1 unspecified atom stereocenters. The van der Waals surface area contributed by atoms with Crippen molar-refractivity contribution < 1.29 is 4.74 Å². The van der Waals surface area contributed by atoms with Gasteiger partial charge in [0.1, 0.15) is 5.82 Å². The lowest BCUT2D eigenvalue weighted by atomic mass is 10.1. The summed E-state index contributed by atoms with van der Waals surface area (Å²) >= 11 is 12.3. The molecule has 102 valence electrons. The number of hydrogen-bond donors (Lipinski definition) is 0. The van der Waals surface area contributed by atoms with Crippen LogP contribution >= 0.6 is 23.2 Å². The van der Waals surface area contributed by atoms with Gasteiger partial charge in [0.15, 0.2) is 0 Å². The van der Waals surface area contributed by atoms with Crippen molar-refractivity contribution in [2.45, 2.75) is 31.7 Å². The second kappa shape index (κ2) is 5.31. The first-order chi connectivity index (χ1) is 9.22. The molecule has 0 bridgehead atoms. The van der Waals surface area contributed by atoms with Gasteiger partial charge in [-0.2, -0.15) is 0 Å². The zero-order valence-electron chi connectivity index (χ0n) is 10.8. The van der Waals surface area contributed by atoms with Crippen LogP contribution in [0, 0.1) is 6.92 Å². The third-order valence-corrected chi connectivity index (χ3v) is 4.38. The summed E-state index contributed by atoms with van der Waals surface area (Å²) in [7, 11) is 0. The number of aryl methyl sites for hydroxylation is 1. The van der Waals surface area contributed by atoms with Crippen LogP contribution in [-0.2, 0) is 10.6 Å². The smallest absolute Gasteiger partial charge is 0.125 e. The zero-order valence-corrected chi connectivity index (χ0v) is 12.3. The van der Waals surface area contributed by atoms with Crippen LogP contribution in [-0.4, -0.2) is 22.8 Å². The van der Waals surface area contributed by atoms with Crippen LogP contribution in [0.1, 0.15) is 30.3 Å². The number of ether oxygens (including phenoxy) is 1. The highest BCUT2D eigenvalue weighted by molar-refractivity contribution is 6.32. The maximum absolute atomic E-state index is 6.25. The summed E-state index contributed by atoms with van der Waals surface area (Å²) in [6.45, 7) is 3.60. The highest BCUT2D eigenvalue weighted by Gasteiger charge is 2.23. The van der Waals surface area contributed by atoms with E-state index in [-0.39, 0.29) is 0 Å². The Morgan fingerprint density at radius 1 is 1.47 bits per heavy atom. The van der Waals surface area contributed by atoms with Crippen LogP contribution in [0.2, 0.25) is 5.02 Å². The summed E-state index contributed by atoms with van der Waals surface area (Å²) < 4.78 is 7.82. The van der Waals surface area contributed by atoms with E-state index >= 15 is 0 Å². The van der Waals surface area contributed by atoms with Crippen LogP contribution in [0.25, 0.3) is 11.0 Å². The lowest BCUT2D eigenvalue weighted by Gasteiger charge is -2.26. The van der Waals surface area contributed by atoms with Gasteiger partial charge >= 0.3 is 0 Å². The first kappa shape index (κ1) is 13.2. The molecule has 5 heteroatoms. The molecule has 0 aliphatic carbocycles. The Balaban J connectivity index is 2.21. The molecule has 2 heterocycles. The molecule has 0 amide bonds. The van der Waals surface area contributed by atoms with Crippen LogP contribution in [0.4, 0.5) is 0 Å². The van der Waals surface area contributed by atoms with E-state index in [0.717, 1.165) is 53.5 Å². The van der Waals surface area contributed by atoms with Crippen molar-refractivity contribution >= 4 is 34.2 Å². The Morgan fingerprint density at radius 2 is 2.32 bits per heavy atom. The molecule has 1 aromatic heterocycles. The minimum Gasteiger partial charge on any atom is -0.379 e. The molecule has 0 radical (unpaired) electrons. The van der Waals surface area contributed by atoms with E-state index in [9.17, 15) is 0 Å². The second-order valence-electron chi connectivity index (χ2n) is 4.94. The van der Waals surface area contributed by atoms with Gasteiger partial charge in [0.2, 0.25) is 0 Å². The molecule has 1 aromatic carbocycles. The zero-order chi connectivity index (χ0) is 13.4. The summed E-state index contributed by atoms with van der Waals surface area (Å²) in [4.78, 5) is 4.63. The summed E-state index contributed by atoms with van der Waals surface area (Å²) in [5.74, 6) is 1.31.